The summed E-state index contributed by atoms with van der Waals surface area (Å²) in [4.78, 5) is 4.32. The van der Waals surface area contributed by atoms with E-state index in [1.165, 1.54) is 6.42 Å². The van der Waals surface area contributed by atoms with Crippen LogP contribution < -0.4 is 5.32 Å². The van der Waals surface area contributed by atoms with Gasteiger partial charge in [-0.3, -0.25) is 0 Å². The van der Waals surface area contributed by atoms with Crippen LogP contribution in [0.25, 0.3) is 11.1 Å². The number of rotatable bonds is 3. The molecule has 0 aliphatic carbocycles. The first kappa shape index (κ1) is 10.6. The van der Waals surface area contributed by atoms with Crippen molar-refractivity contribution in [2.45, 2.75) is 25.9 Å². The summed E-state index contributed by atoms with van der Waals surface area (Å²) in [7, 11) is 0. The molecule has 3 rings (SSSR count). The SMILES string of the molecule is Cc1nc2cc(NCC3CCCO3)ccc2o1. The van der Waals surface area contributed by atoms with E-state index in [0.717, 1.165) is 36.4 Å². The van der Waals surface area contributed by atoms with E-state index in [0.29, 0.717) is 12.0 Å². The lowest BCUT2D eigenvalue weighted by Gasteiger charge is -2.11. The maximum atomic E-state index is 5.57. The smallest absolute Gasteiger partial charge is 0.192 e. The number of nitrogens with one attached hydrogen (secondary N) is 1. The summed E-state index contributed by atoms with van der Waals surface area (Å²) in [5, 5.41) is 3.38. The van der Waals surface area contributed by atoms with E-state index >= 15 is 0 Å². The quantitative estimate of drug-likeness (QED) is 0.883. The van der Waals surface area contributed by atoms with Crippen molar-refractivity contribution in [3.05, 3.63) is 24.1 Å². The Labute approximate surface area is 100.0 Å². The molecule has 1 aliphatic rings. The molecule has 1 aromatic carbocycles. The number of nitrogens with zero attached hydrogens (tertiary/aromatic N) is 1. The zero-order chi connectivity index (χ0) is 11.7. The van der Waals surface area contributed by atoms with Gasteiger partial charge in [-0.2, -0.15) is 0 Å². The summed E-state index contributed by atoms with van der Waals surface area (Å²) >= 11 is 0. The van der Waals surface area contributed by atoms with Gasteiger partial charge in [0.2, 0.25) is 0 Å². The lowest BCUT2D eigenvalue weighted by atomic mass is 10.2. The lowest BCUT2D eigenvalue weighted by molar-refractivity contribution is 0.120. The molecule has 1 unspecified atom stereocenters. The molecule has 0 bridgehead atoms. The van der Waals surface area contributed by atoms with Crippen LogP contribution in [0.2, 0.25) is 0 Å². The fourth-order valence-electron chi connectivity index (χ4n) is 2.19. The number of hydrogen-bond acceptors (Lipinski definition) is 4. The summed E-state index contributed by atoms with van der Waals surface area (Å²) in [6.07, 6.45) is 2.68. The Bertz CT molecular complexity index is 515. The van der Waals surface area contributed by atoms with Gasteiger partial charge in [-0.15, -0.1) is 0 Å². The predicted molar refractivity (Wildman–Crippen MR) is 66.2 cm³/mol. The predicted octanol–water partition coefficient (Wildman–Crippen LogP) is 2.73. The summed E-state index contributed by atoms with van der Waals surface area (Å²) in [5.41, 5.74) is 2.81. The topological polar surface area (TPSA) is 47.3 Å². The molecule has 1 saturated heterocycles. The highest BCUT2D eigenvalue weighted by Gasteiger charge is 2.14. The number of oxazole rings is 1. The van der Waals surface area contributed by atoms with Gasteiger partial charge in [0.1, 0.15) is 5.52 Å². The first-order valence-corrected chi connectivity index (χ1v) is 6.04. The van der Waals surface area contributed by atoms with Gasteiger partial charge >= 0.3 is 0 Å². The third-order valence-corrected chi connectivity index (χ3v) is 3.05. The Morgan fingerprint density at radius 3 is 3.24 bits per heavy atom. The van der Waals surface area contributed by atoms with Crippen molar-refractivity contribution in [3.63, 3.8) is 0 Å². The largest absolute Gasteiger partial charge is 0.441 e. The molecule has 1 fully saturated rings. The molecule has 1 atom stereocenters. The number of benzene rings is 1. The normalized spacial score (nSPS) is 19.9. The number of fused-ring (bicyclic) bond motifs is 1. The van der Waals surface area contributed by atoms with Crippen molar-refractivity contribution >= 4 is 16.8 Å². The Balaban J connectivity index is 1.71. The van der Waals surface area contributed by atoms with Gasteiger partial charge in [-0.1, -0.05) is 0 Å². The highest BCUT2D eigenvalue weighted by molar-refractivity contribution is 5.77. The zero-order valence-corrected chi connectivity index (χ0v) is 9.90. The Morgan fingerprint density at radius 2 is 2.41 bits per heavy atom. The lowest BCUT2D eigenvalue weighted by Crippen LogP contribution is -2.18. The van der Waals surface area contributed by atoms with Crippen molar-refractivity contribution in [2.24, 2.45) is 0 Å². The molecule has 2 heterocycles. The highest BCUT2D eigenvalue weighted by atomic mass is 16.5. The van der Waals surface area contributed by atoms with E-state index in [1.54, 1.807) is 0 Å². The van der Waals surface area contributed by atoms with Crippen LogP contribution in [0.3, 0.4) is 0 Å². The minimum absolute atomic E-state index is 0.352. The second-order valence-electron chi connectivity index (χ2n) is 4.43. The molecule has 1 aromatic heterocycles. The van der Waals surface area contributed by atoms with Crippen molar-refractivity contribution in [3.8, 4) is 0 Å². The summed E-state index contributed by atoms with van der Waals surface area (Å²) in [5.74, 6) is 0.705. The van der Waals surface area contributed by atoms with Crippen molar-refractivity contribution in [1.29, 1.82) is 0 Å². The van der Waals surface area contributed by atoms with Crippen LogP contribution in [0.1, 0.15) is 18.7 Å². The molecular formula is C13H16N2O2. The summed E-state index contributed by atoms with van der Waals surface area (Å²) < 4.78 is 11.0. The number of anilines is 1. The van der Waals surface area contributed by atoms with Crippen molar-refractivity contribution in [1.82, 2.24) is 4.98 Å². The second kappa shape index (κ2) is 4.37. The van der Waals surface area contributed by atoms with E-state index in [4.69, 9.17) is 9.15 Å². The molecule has 2 aromatic rings. The van der Waals surface area contributed by atoms with Gasteiger partial charge in [0.25, 0.3) is 0 Å². The fraction of sp³-hybridized carbons (Fsp3) is 0.462. The van der Waals surface area contributed by atoms with Crippen molar-refractivity contribution < 1.29 is 9.15 Å². The molecule has 1 aliphatic heterocycles. The average molecular weight is 232 g/mol. The van der Waals surface area contributed by atoms with Crippen LogP contribution in [0.15, 0.2) is 22.6 Å². The van der Waals surface area contributed by atoms with Gasteiger partial charge in [-0.05, 0) is 31.0 Å². The number of hydrogen-bond donors (Lipinski definition) is 1. The van der Waals surface area contributed by atoms with Crippen LogP contribution in [0, 0.1) is 6.92 Å². The van der Waals surface area contributed by atoms with E-state index in [1.807, 2.05) is 25.1 Å². The molecule has 4 heteroatoms. The minimum atomic E-state index is 0.352. The third-order valence-electron chi connectivity index (χ3n) is 3.05. The molecule has 1 N–H and O–H groups in total. The first-order valence-electron chi connectivity index (χ1n) is 6.04. The van der Waals surface area contributed by atoms with E-state index in [2.05, 4.69) is 10.3 Å². The van der Waals surface area contributed by atoms with Gasteiger partial charge in [-0.25, -0.2) is 4.98 Å². The average Bonchev–Trinajstić information content (AvgIpc) is 2.92. The maximum Gasteiger partial charge on any atom is 0.192 e. The Kier molecular flexibility index (Phi) is 2.73. The van der Waals surface area contributed by atoms with Gasteiger partial charge in [0.05, 0.1) is 6.10 Å². The third kappa shape index (κ3) is 2.26. The fourth-order valence-corrected chi connectivity index (χ4v) is 2.19. The Morgan fingerprint density at radius 1 is 1.47 bits per heavy atom. The summed E-state index contributed by atoms with van der Waals surface area (Å²) in [6, 6.07) is 5.98. The van der Waals surface area contributed by atoms with Crippen LogP contribution in [0.5, 0.6) is 0 Å². The molecular weight excluding hydrogens is 216 g/mol. The number of ether oxygens (including phenoxy) is 1. The van der Waals surface area contributed by atoms with E-state index < -0.39 is 0 Å². The van der Waals surface area contributed by atoms with Gasteiger partial charge < -0.3 is 14.5 Å². The van der Waals surface area contributed by atoms with Crippen LogP contribution >= 0.6 is 0 Å². The highest BCUT2D eigenvalue weighted by Crippen LogP contribution is 2.20. The molecule has 0 radical (unpaired) electrons. The van der Waals surface area contributed by atoms with E-state index in [-0.39, 0.29) is 0 Å². The van der Waals surface area contributed by atoms with Crippen LogP contribution in [-0.4, -0.2) is 24.2 Å². The van der Waals surface area contributed by atoms with Crippen LogP contribution in [0.4, 0.5) is 5.69 Å². The molecule has 0 spiro atoms. The zero-order valence-electron chi connectivity index (χ0n) is 9.90. The van der Waals surface area contributed by atoms with Crippen molar-refractivity contribution in [2.75, 3.05) is 18.5 Å². The summed E-state index contributed by atoms with van der Waals surface area (Å²) in [6.45, 7) is 3.62. The molecule has 90 valence electrons. The monoisotopic (exact) mass is 232 g/mol. The maximum absolute atomic E-state index is 5.57. The molecule has 0 saturated carbocycles. The Hall–Kier alpha value is -1.55. The minimum Gasteiger partial charge on any atom is -0.441 e. The standard InChI is InChI=1S/C13H16N2O2/c1-9-15-12-7-10(4-5-13(12)17-9)14-8-11-3-2-6-16-11/h4-5,7,11,14H,2-3,6,8H2,1H3. The number of aromatic nitrogens is 1. The molecule has 17 heavy (non-hydrogen) atoms. The second-order valence-corrected chi connectivity index (χ2v) is 4.43. The van der Waals surface area contributed by atoms with Gasteiger partial charge in [0, 0.05) is 25.8 Å². The molecule has 0 amide bonds. The number of aryl methyl sites for hydroxylation is 1. The van der Waals surface area contributed by atoms with E-state index in [9.17, 15) is 0 Å². The van der Waals surface area contributed by atoms with Crippen LogP contribution in [-0.2, 0) is 4.74 Å². The molecule has 4 nitrogen and oxygen atoms in total. The van der Waals surface area contributed by atoms with Gasteiger partial charge in [0.15, 0.2) is 11.5 Å². The first-order chi connectivity index (χ1) is 8.31.